The van der Waals surface area contributed by atoms with Gasteiger partial charge in [-0.2, -0.15) is 0 Å². The van der Waals surface area contributed by atoms with E-state index in [0.717, 1.165) is 23.6 Å². The second kappa shape index (κ2) is 6.28. The summed E-state index contributed by atoms with van der Waals surface area (Å²) in [6, 6.07) is 9.36. The summed E-state index contributed by atoms with van der Waals surface area (Å²) in [6.07, 6.45) is 5.67. The summed E-state index contributed by atoms with van der Waals surface area (Å²) in [6.45, 7) is 0. The fraction of sp³-hybridized carbons (Fsp3) is 0.412. The van der Waals surface area contributed by atoms with E-state index in [4.69, 9.17) is 0 Å². The minimum atomic E-state index is -3.06. The molecule has 0 unspecified atom stereocenters. The van der Waals surface area contributed by atoms with Gasteiger partial charge < -0.3 is 5.32 Å². The third-order valence-electron chi connectivity index (χ3n) is 4.46. The Labute approximate surface area is 136 Å². The van der Waals surface area contributed by atoms with E-state index < -0.39 is 9.84 Å². The molecule has 1 aliphatic carbocycles. The molecule has 1 amide bonds. The van der Waals surface area contributed by atoms with Gasteiger partial charge in [0.25, 0.3) is 5.91 Å². The number of amides is 1. The maximum Gasteiger partial charge on any atom is 0.270 e. The van der Waals surface area contributed by atoms with Crippen molar-refractivity contribution in [3.8, 4) is 0 Å². The topological polar surface area (TPSA) is 76.1 Å². The number of carbonyl (C=O) groups is 1. The van der Waals surface area contributed by atoms with Crippen molar-refractivity contribution < 1.29 is 13.2 Å². The highest BCUT2D eigenvalue weighted by atomic mass is 32.2. The molecule has 1 saturated carbocycles. The molecular weight excluding hydrogens is 312 g/mol. The van der Waals surface area contributed by atoms with Crippen LogP contribution in [0.4, 0.5) is 0 Å². The molecule has 1 fully saturated rings. The number of benzene rings is 1. The standard InChI is InChI=1S/C17H20N2O3S/c1-23(21,22)14-7-4-6-13(11-14)19-17(20)16-15-8-3-2-5-12(15)9-10-18-16/h2-3,5,8-10,13-14H,4,6-7,11H2,1H3,(H,19,20)/t13-,14-/m1/s1. The molecule has 0 spiro atoms. The number of rotatable bonds is 3. The van der Waals surface area contributed by atoms with Gasteiger partial charge in [0.05, 0.1) is 5.25 Å². The second-order valence-corrected chi connectivity index (χ2v) is 8.49. The average Bonchev–Trinajstić information content (AvgIpc) is 2.53. The van der Waals surface area contributed by atoms with E-state index in [2.05, 4.69) is 10.3 Å². The second-order valence-electron chi connectivity index (χ2n) is 6.17. The van der Waals surface area contributed by atoms with E-state index >= 15 is 0 Å². The normalized spacial score (nSPS) is 22.0. The number of sulfone groups is 1. The number of pyridine rings is 1. The lowest BCUT2D eigenvalue weighted by Gasteiger charge is -2.28. The molecule has 2 aromatic rings. The predicted octanol–water partition coefficient (Wildman–Crippen LogP) is 2.32. The summed E-state index contributed by atoms with van der Waals surface area (Å²) in [7, 11) is -3.06. The van der Waals surface area contributed by atoms with Crippen molar-refractivity contribution in [1.29, 1.82) is 0 Å². The van der Waals surface area contributed by atoms with Crippen molar-refractivity contribution in [1.82, 2.24) is 10.3 Å². The van der Waals surface area contributed by atoms with Crippen LogP contribution in [0.25, 0.3) is 10.8 Å². The van der Waals surface area contributed by atoms with Crippen LogP contribution in [0.3, 0.4) is 0 Å². The number of aromatic nitrogens is 1. The highest BCUT2D eigenvalue weighted by Gasteiger charge is 2.30. The fourth-order valence-electron chi connectivity index (χ4n) is 3.22. The van der Waals surface area contributed by atoms with Crippen molar-refractivity contribution in [3.05, 3.63) is 42.2 Å². The molecule has 23 heavy (non-hydrogen) atoms. The van der Waals surface area contributed by atoms with E-state index in [1.54, 1.807) is 6.20 Å². The van der Waals surface area contributed by atoms with E-state index in [9.17, 15) is 13.2 Å². The Morgan fingerprint density at radius 2 is 2.00 bits per heavy atom. The van der Waals surface area contributed by atoms with Gasteiger partial charge >= 0.3 is 0 Å². The largest absolute Gasteiger partial charge is 0.348 e. The first-order chi connectivity index (χ1) is 10.9. The van der Waals surface area contributed by atoms with E-state index in [-0.39, 0.29) is 17.2 Å². The molecule has 1 heterocycles. The lowest BCUT2D eigenvalue weighted by Crippen LogP contribution is -2.42. The maximum atomic E-state index is 12.6. The van der Waals surface area contributed by atoms with Crippen molar-refractivity contribution in [2.24, 2.45) is 0 Å². The molecule has 6 heteroatoms. The van der Waals surface area contributed by atoms with Crippen molar-refractivity contribution >= 4 is 26.5 Å². The Morgan fingerprint density at radius 3 is 2.78 bits per heavy atom. The third-order valence-corrected chi connectivity index (χ3v) is 6.09. The van der Waals surface area contributed by atoms with E-state index in [1.165, 1.54) is 6.26 Å². The minimum Gasteiger partial charge on any atom is -0.348 e. The van der Waals surface area contributed by atoms with Crippen LogP contribution in [-0.2, 0) is 9.84 Å². The number of nitrogens with zero attached hydrogens (tertiary/aromatic N) is 1. The Bertz CT molecular complexity index is 827. The molecule has 3 rings (SSSR count). The first kappa shape index (κ1) is 15.9. The van der Waals surface area contributed by atoms with Gasteiger partial charge in [-0.25, -0.2) is 8.42 Å². The van der Waals surface area contributed by atoms with Crippen molar-refractivity contribution in [2.75, 3.05) is 6.26 Å². The van der Waals surface area contributed by atoms with Gasteiger partial charge in [0.2, 0.25) is 0 Å². The summed E-state index contributed by atoms with van der Waals surface area (Å²) in [5.41, 5.74) is 0.393. The van der Waals surface area contributed by atoms with Crippen LogP contribution in [-0.4, -0.2) is 36.9 Å². The third kappa shape index (κ3) is 3.52. The Hall–Kier alpha value is -1.95. The molecule has 5 nitrogen and oxygen atoms in total. The molecule has 1 N–H and O–H groups in total. The molecule has 1 aromatic heterocycles. The van der Waals surface area contributed by atoms with E-state index in [0.29, 0.717) is 18.5 Å². The fourth-order valence-corrected chi connectivity index (χ4v) is 4.40. The Kier molecular flexibility index (Phi) is 4.35. The minimum absolute atomic E-state index is 0.114. The molecule has 1 aliphatic rings. The van der Waals surface area contributed by atoms with Gasteiger partial charge in [-0.3, -0.25) is 9.78 Å². The lowest BCUT2D eigenvalue weighted by atomic mass is 9.94. The molecule has 0 aliphatic heterocycles. The molecule has 2 atom stereocenters. The Balaban J connectivity index is 1.78. The summed E-state index contributed by atoms with van der Waals surface area (Å²) in [5.74, 6) is -0.235. The van der Waals surface area contributed by atoms with Crippen LogP contribution >= 0.6 is 0 Å². The number of carbonyl (C=O) groups excluding carboxylic acids is 1. The summed E-state index contributed by atoms with van der Waals surface area (Å²) >= 11 is 0. The molecule has 0 radical (unpaired) electrons. The van der Waals surface area contributed by atoms with Crippen LogP contribution in [0.1, 0.15) is 36.2 Å². The molecule has 0 saturated heterocycles. The molecular formula is C17H20N2O3S. The predicted molar refractivity (Wildman–Crippen MR) is 90.1 cm³/mol. The summed E-state index contributed by atoms with van der Waals surface area (Å²) in [4.78, 5) is 16.8. The highest BCUT2D eigenvalue weighted by Crippen LogP contribution is 2.24. The summed E-state index contributed by atoms with van der Waals surface area (Å²) < 4.78 is 23.5. The van der Waals surface area contributed by atoms with E-state index in [1.807, 2.05) is 30.3 Å². The van der Waals surface area contributed by atoms with Gasteiger partial charge in [0.1, 0.15) is 15.5 Å². The first-order valence-electron chi connectivity index (χ1n) is 7.78. The summed E-state index contributed by atoms with van der Waals surface area (Å²) in [5, 5.41) is 4.38. The zero-order chi connectivity index (χ0) is 16.4. The van der Waals surface area contributed by atoms with Gasteiger partial charge in [-0.15, -0.1) is 0 Å². The zero-order valence-electron chi connectivity index (χ0n) is 13.0. The number of fused-ring (bicyclic) bond motifs is 1. The Morgan fingerprint density at radius 1 is 1.22 bits per heavy atom. The van der Waals surface area contributed by atoms with Gasteiger partial charge in [0, 0.05) is 23.9 Å². The molecule has 0 bridgehead atoms. The number of hydrogen-bond acceptors (Lipinski definition) is 4. The first-order valence-corrected chi connectivity index (χ1v) is 9.74. The SMILES string of the molecule is CS(=O)(=O)[C@@H]1CCC[C@@H](NC(=O)c2nccc3ccccc23)C1. The maximum absolute atomic E-state index is 12.6. The smallest absolute Gasteiger partial charge is 0.270 e. The van der Waals surface area contributed by atoms with Gasteiger partial charge in [-0.1, -0.05) is 30.7 Å². The van der Waals surface area contributed by atoms with Crippen LogP contribution < -0.4 is 5.32 Å². The monoisotopic (exact) mass is 332 g/mol. The molecule has 1 aromatic carbocycles. The quantitative estimate of drug-likeness (QED) is 0.936. The number of hydrogen-bond donors (Lipinski definition) is 1. The molecule has 122 valence electrons. The van der Waals surface area contributed by atoms with Crippen LogP contribution in [0.15, 0.2) is 36.5 Å². The van der Waals surface area contributed by atoms with Crippen LogP contribution in [0.2, 0.25) is 0 Å². The van der Waals surface area contributed by atoms with Gasteiger partial charge in [0.15, 0.2) is 0 Å². The zero-order valence-corrected chi connectivity index (χ0v) is 13.8. The van der Waals surface area contributed by atoms with Crippen LogP contribution in [0.5, 0.6) is 0 Å². The van der Waals surface area contributed by atoms with Gasteiger partial charge in [-0.05, 0) is 30.7 Å². The number of nitrogens with one attached hydrogen (secondary N) is 1. The van der Waals surface area contributed by atoms with Crippen molar-refractivity contribution in [3.63, 3.8) is 0 Å². The average molecular weight is 332 g/mol. The lowest BCUT2D eigenvalue weighted by molar-refractivity contribution is 0.0925. The van der Waals surface area contributed by atoms with Crippen molar-refractivity contribution in [2.45, 2.75) is 37.0 Å². The highest BCUT2D eigenvalue weighted by molar-refractivity contribution is 7.91. The van der Waals surface area contributed by atoms with Crippen LogP contribution in [0, 0.1) is 0 Å².